The minimum Gasteiger partial charge on any atom is -0.508 e. The first kappa shape index (κ1) is 24.8. The van der Waals surface area contributed by atoms with Gasteiger partial charge in [0.05, 0.1) is 6.04 Å². The molecule has 3 atom stereocenters. The van der Waals surface area contributed by atoms with E-state index in [1.165, 1.54) is 19.1 Å². The van der Waals surface area contributed by atoms with Crippen LogP contribution < -0.4 is 27.4 Å². The molecule has 9 nitrogen and oxygen atoms in total. The number of aromatic hydroxyl groups is 1. The van der Waals surface area contributed by atoms with Crippen molar-refractivity contribution in [2.24, 2.45) is 11.5 Å². The third-order valence-corrected chi connectivity index (χ3v) is 4.84. The number of benzene rings is 2. The van der Waals surface area contributed by atoms with Crippen LogP contribution in [0.25, 0.3) is 0 Å². The summed E-state index contributed by atoms with van der Waals surface area (Å²) in [5.41, 5.74) is 13.1. The van der Waals surface area contributed by atoms with Crippen LogP contribution in [0.2, 0.25) is 0 Å². The van der Waals surface area contributed by atoms with Crippen molar-refractivity contribution < 1.29 is 19.5 Å². The van der Waals surface area contributed by atoms with Gasteiger partial charge in [-0.1, -0.05) is 42.5 Å². The highest BCUT2D eigenvalue weighted by atomic mass is 16.3. The third kappa shape index (κ3) is 8.01. The van der Waals surface area contributed by atoms with E-state index in [9.17, 15) is 19.5 Å². The second-order valence-electron chi connectivity index (χ2n) is 7.54. The van der Waals surface area contributed by atoms with E-state index in [0.717, 1.165) is 11.1 Å². The zero-order valence-electron chi connectivity index (χ0n) is 18.1. The molecule has 0 aliphatic carbocycles. The Labute approximate surface area is 187 Å². The molecule has 3 amide bonds. The van der Waals surface area contributed by atoms with Crippen LogP contribution >= 0.6 is 0 Å². The summed E-state index contributed by atoms with van der Waals surface area (Å²) in [5.74, 6) is -1.22. The number of carbonyl (C=O) groups is 3. The Morgan fingerprint density at radius 2 is 1.50 bits per heavy atom. The average Bonchev–Trinajstić information content (AvgIpc) is 2.79. The van der Waals surface area contributed by atoms with Gasteiger partial charge in [-0.25, -0.2) is 0 Å². The maximum atomic E-state index is 12.7. The summed E-state index contributed by atoms with van der Waals surface area (Å²) in [6.45, 7) is 2.10. The Morgan fingerprint density at radius 1 is 0.875 bits per heavy atom. The first-order valence-electron chi connectivity index (χ1n) is 10.5. The Bertz CT molecular complexity index is 889. The van der Waals surface area contributed by atoms with E-state index in [0.29, 0.717) is 13.0 Å². The van der Waals surface area contributed by atoms with Gasteiger partial charge in [-0.3, -0.25) is 14.4 Å². The molecule has 0 bridgehead atoms. The van der Waals surface area contributed by atoms with Crippen LogP contribution in [-0.4, -0.2) is 54.0 Å². The van der Waals surface area contributed by atoms with Gasteiger partial charge in [-0.2, -0.15) is 0 Å². The molecule has 0 spiro atoms. The molecule has 0 fully saturated rings. The standard InChI is InChI=1S/C23H31N5O4/c1-15(27-22(31)19(25)13-17-7-9-18(29)10-8-17)21(30)28-20(23(32)26-12-11-24)14-16-5-3-2-4-6-16/h2-10,15,19-20,29H,11-14,24-25H2,1H3,(H,26,32)(H,27,31)(H,28,30)/t15-,19+,20+/m1/s1. The summed E-state index contributed by atoms with van der Waals surface area (Å²) < 4.78 is 0. The van der Waals surface area contributed by atoms with E-state index >= 15 is 0 Å². The van der Waals surface area contributed by atoms with Crippen molar-refractivity contribution >= 4 is 17.7 Å². The lowest BCUT2D eigenvalue weighted by molar-refractivity contribution is -0.132. The summed E-state index contributed by atoms with van der Waals surface area (Å²) in [5, 5.41) is 17.3. The Morgan fingerprint density at radius 3 is 2.12 bits per heavy atom. The molecule has 0 heterocycles. The highest BCUT2D eigenvalue weighted by Crippen LogP contribution is 2.11. The second kappa shape index (κ2) is 12.4. The number of carbonyl (C=O) groups excluding carboxylic acids is 3. The van der Waals surface area contributed by atoms with Gasteiger partial charge in [0.1, 0.15) is 17.8 Å². The number of nitrogens with one attached hydrogen (secondary N) is 3. The Balaban J connectivity index is 1.95. The molecule has 0 saturated carbocycles. The van der Waals surface area contributed by atoms with Crippen LogP contribution in [0.3, 0.4) is 0 Å². The summed E-state index contributed by atoms with van der Waals surface area (Å²) in [6, 6.07) is 13.1. The molecular formula is C23H31N5O4. The molecular weight excluding hydrogens is 410 g/mol. The highest BCUT2D eigenvalue weighted by molar-refractivity contribution is 5.93. The van der Waals surface area contributed by atoms with Crippen LogP contribution in [0.4, 0.5) is 0 Å². The number of amides is 3. The fourth-order valence-electron chi connectivity index (χ4n) is 3.04. The lowest BCUT2D eigenvalue weighted by atomic mass is 10.0. The zero-order chi connectivity index (χ0) is 23.5. The summed E-state index contributed by atoms with van der Waals surface area (Å²) in [4.78, 5) is 37.6. The number of hydrogen-bond donors (Lipinski definition) is 6. The van der Waals surface area contributed by atoms with Gasteiger partial charge < -0.3 is 32.5 Å². The Hall–Kier alpha value is -3.43. The van der Waals surface area contributed by atoms with Crippen molar-refractivity contribution in [2.45, 2.75) is 37.9 Å². The predicted molar refractivity (Wildman–Crippen MR) is 122 cm³/mol. The average molecular weight is 442 g/mol. The molecule has 2 aromatic carbocycles. The number of rotatable bonds is 11. The van der Waals surface area contributed by atoms with Crippen molar-refractivity contribution in [3.05, 3.63) is 65.7 Å². The second-order valence-corrected chi connectivity index (χ2v) is 7.54. The molecule has 172 valence electrons. The van der Waals surface area contributed by atoms with E-state index in [-0.39, 0.29) is 24.6 Å². The van der Waals surface area contributed by atoms with Crippen molar-refractivity contribution in [3.63, 3.8) is 0 Å². The molecule has 0 aliphatic rings. The quantitative estimate of drug-likeness (QED) is 0.277. The number of phenols is 1. The van der Waals surface area contributed by atoms with Crippen molar-refractivity contribution in [3.8, 4) is 5.75 Å². The highest BCUT2D eigenvalue weighted by Gasteiger charge is 2.25. The first-order chi connectivity index (χ1) is 15.3. The van der Waals surface area contributed by atoms with Gasteiger partial charge in [-0.05, 0) is 36.6 Å². The van der Waals surface area contributed by atoms with Crippen LogP contribution in [0, 0.1) is 0 Å². The van der Waals surface area contributed by atoms with Gasteiger partial charge in [0.2, 0.25) is 17.7 Å². The summed E-state index contributed by atoms with van der Waals surface area (Å²) in [7, 11) is 0. The van der Waals surface area contributed by atoms with Crippen LogP contribution in [0.5, 0.6) is 5.75 Å². The van der Waals surface area contributed by atoms with Crippen LogP contribution in [0.1, 0.15) is 18.1 Å². The number of nitrogens with two attached hydrogens (primary N) is 2. The molecule has 0 unspecified atom stereocenters. The molecule has 9 heteroatoms. The number of phenolic OH excluding ortho intramolecular Hbond substituents is 1. The lowest BCUT2D eigenvalue weighted by Crippen LogP contribution is -2.55. The zero-order valence-corrected chi connectivity index (χ0v) is 18.1. The SMILES string of the molecule is C[C@@H](NC(=O)[C@@H](N)Cc1ccc(O)cc1)C(=O)N[C@@H](Cc1ccccc1)C(=O)NCCN. The van der Waals surface area contributed by atoms with Gasteiger partial charge in [0.25, 0.3) is 0 Å². The van der Waals surface area contributed by atoms with Crippen molar-refractivity contribution in [1.82, 2.24) is 16.0 Å². The molecule has 8 N–H and O–H groups in total. The Kier molecular flexibility index (Phi) is 9.65. The van der Waals surface area contributed by atoms with E-state index in [2.05, 4.69) is 16.0 Å². The molecule has 0 radical (unpaired) electrons. The van der Waals surface area contributed by atoms with E-state index < -0.39 is 29.9 Å². The van der Waals surface area contributed by atoms with Crippen LogP contribution in [0.15, 0.2) is 54.6 Å². The maximum absolute atomic E-state index is 12.7. The largest absolute Gasteiger partial charge is 0.508 e. The topological polar surface area (TPSA) is 160 Å². The molecule has 32 heavy (non-hydrogen) atoms. The minimum absolute atomic E-state index is 0.123. The lowest BCUT2D eigenvalue weighted by Gasteiger charge is -2.22. The molecule has 0 aromatic heterocycles. The first-order valence-corrected chi connectivity index (χ1v) is 10.5. The minimum atomic E-state index is -0.894. The van der Waals surface area contributed by atoms with E-state index in [1.807, 2.05) is 30.3 Å². The van der Waals surface area contributed by atoms with Gasteiger partial charge in [0.15, 0.2) is 0 Å². The number of hydrogen-bond acceptors (Lipinski definition) is 6. The summed E-state index contributed by atoms with van der Waals surface area (Å²) in [6.07, 6.45) is 0.544. The fraction of sp³-hybridized carbons (Fsp3) is 0.348. The normalized spacial score (nSPS) is 13.5. The van der Waals surface area contributed by atoms with Crippen molar-refractivity contribution in [1.29, 1.82) is 0 Å². The predicted octanol–water partition coefficient (Wildman–Crippen LogP) is -0.431. The molecule has 2 rings (SSSR count). The smallest absolute Gasteiger partial charge is 0.242 e. The van der Waals surface area contributed by atoms with Crippen molar-refractivity contribution in [2.75, 3.05) is 13.1 Å². The molecule has 0 saturated heterocycles. The van der Waals surface area contributed by atoms with E-state index in [1.54, 1.807) is 12.1 Å². The van der Waals surface area contributed by atoms with E-state index in [4.69, 9.17) is 11.5 Å². The van der Waals surface area contributed by atoms with Gasteiger partial charge in [-0.15, -0.1) is 0 Å². The molecule has 0 aliphatic heterocycles. The third-order valence-electron chi connectivity index (χ3n) is 4.84. The van der Waals surface area contributed by atoms with Gasteiger partial charge in [0, 0.05) is 19.5 Å². The summed E-state index contributed by atoms with van der Waals surface area (Å²) >= 11 is 0. The van der Waals surface area contributed by atoms with Gasteiger partial charge >= 0.3 is 0 Å². The molecule has 2 aromatic rings. The monoisotopic (exact) mass is 441 g/mol. The van der Waals surface area contributed by atoms with Crippen LogP contribution in [-0.2, 0) is 27.2 Å². The maximum Gasteiger partial charge on any atom is 0.242 e. The fourth-order valence-corrected chi connectivity index (χ4v) is 3.04.